The predicted octanol–water partition coefficient (Wildman–Crippen LogP) is 3.24. The van der Waals surface area contributed by atoms with E-state index in [1.54, 1.807) is 0 Å². The molecule has 0 bridgehead atoms. The molecule has 0 spiro atoms. The van der Waals surface area contributed by atoms with E-state index < -0.39 is 10.1 Å². The monoisotopic (exact) mass is 411 g/mol. The summed E-state index contributed by atoms with van der Waals surface area (Å²) >= 11 is 7.08. The van der Waals surface area contributed by atoms with E-state index in [1.807, 2.05) is 6.07 Å². The molecule has 0 saturated carbocycles. The van der Waals surface area contributed by atoms with Crippen molar-refractivity contribution >= 4 is 47.7 Å². The number of hydrogen-bond donors (Lipinski definition) is 1. The van der Waals surface area contributed by atoms with E-state index in [0.29, 0.717) is 13.0 Å². The Bertz CT molecular complexity index is 575. The third-order valence-corrected chi connectivity index (χ3v) is 6.10. The van der Waals surface area contributed by atoms with Crippen LogP contribution in [0.1, 0.15) is 18.4 Å². The van der Waals surface area contributed by atoms with Gasteiger partial charge in [-0.05, 0) is 68.8 Å². The smallest absolute Gasteiger partial charge is 0.264 e. The number of anilines is 1. The highest BCUT2D eigenvalue weighted by atomic mass is 79.9. The van der Waals surface area contributed by atoms with Gasteiger partial charge in [-0.3, -0.25) is 4.55 Å². The van der Waals surface area contributed by atoms with Crippen molar-refractivity contribution < 1.29 is 13.0 Å². The summed E-state index contributed by atoms with van der Waals surface area (Å²) in [6.07, 6.45) is 2.50. The van der Waals surface area contributed by atoms with E-state index in [4.69, 9.17) is 4.55 Å². The Hall–Kier alpha value is -0.110. The van der Waals surface area contributed by atoms with Gasteiger partial charge in [-0.1, -0.05) is 0 Å². The third-order valence-electron chi connectivity index (χ3n) is 3.20. The number of halogens is 2. The second-order valence-electron chi connectivity index (χ2n) is 4.59. The standard InChI is InChI=1S/C12H15Br2NO3S/c13-10-4-5-11-9(12(10)14)3-1-6-15(11)7-2-8-19(16,17)18/h4-5H,1-3,6-8H2,(H,16,17,18). The topological polar surface area (TPSA) is 57.6 Å². The second kappa shape index (κ2) is 6.11. The molecule has 0 radical (unpaired) electrons. The van der Waals surface area contributed by atoms with Gasteiger partial charge in [0.15, 0.2) is 0 Å². The van der Waals surface area contributed by atoms with Gasteiger partial charge in [-0.2, -0.15) is 8.42 Å². The average molecular weight is 413 g/mol. The van der Waals surface area contributed by atoms with Crippen molar-refractivity contribution in [2.24, 2.45) is 0 Å². The van der Waals surface area contributed by atoms with Crippen LogP contribution in [0.5, 0.6) is 0 Å². The molecule has 19 heavy (non-hydrogen) atoms. The fourth-order valence-corrected chi connectivity index (χ4v) is 3.75. The minimum absolute atomic E-state index is 0.184. The maximum atomic E-state index is 10.7. The zero-order valence-corrected chi connectivity index (χ0v) is 14.3. The van der Waals surface area contributed by atoms with Gasteiger partial charge in [0.25, 0.3) is 10.1 Å². The van der Waals surface area contributed by atoms with Crippen molar-refractivity contribution in [2.45, 2.75) is 19.3 Å². The molecule has 0 fully saturated rings. The molecule has 0 unspecified atom stereocenters. The Morgan fingerprint density at radius 2 is 2.05 bits per heavy atom. The summed E-state index contributed by atoms with van der Waals surface area (Å²) in [5, 5.41) is 0. The summed E-state index contributed by atoms with van der Waals surface area (Å²) < 4.78 is 32.4. The van der Waals surface area contributed by atoms with E-state index in [0.717, 1.165) is 34.0 Å². The zero-order chi connectivity index (χ0) is 14.0. The molecule has 1 aliphatic heterocycles. The Balaban J connectivity index is 2.12. The Labute approximate surface area is 130 Å². The van der Waals surface area contributed by atoms with Crippen LogP contribution in [-0.4, -0.2) is 31.8 Å². The van der Waals surface area contributed by atoms with E-state index in [2.05, 4.69) is 42.8 Å². The molecule has 1 N–H and O–H groups in total. The molecule has 106 valence electrons. The normalized spacial score (nSPS) is 15.4. The number of fused-ring (bicyclic) bond motifs is 1. The maximum Gasteiger partial charge on any atom is 0.264 e. The Morgan fingerprint density at radius 1 is 1.32 bits per heavy atom. The van der Waals surface area contributed by atoms with Crippen LogP contribution in [0.2, 0.25) is 0 Å². The van der Waals surface area contributed by atoms with Crippen molar-refractivity contribution in [3.63, 3.8) is 0 Å². The molecule has 7 heteroatoms. The lowest BCUT2D eigenvalue weighted by molar-refractivity contribution is 0.480. The molecule has 0 amide bonds. The lowest BCUT2D eigenvalue weighted by Crippen LogP contribution is -2.31. The van der Waals surface area contributed by atoms with Crippen molar-refractivity contribution in [3.05, 3.63) is 26.6 Å². The van der Waals surface area contributed by atoms with E-state index in [9.17, 15) is 8.42 Å². The Kier molecular flexibility index (Phi) is 4.92. The highest BCUT2D eigenvalue weighted by molar-refractivity contribution is 9.13. The second-order valence-corrected chi connectivity index (χ2v) is 7.81. The fraction of sp³-hybridized carbons (Fsp3) is 0.500. The molecule has 1 aromatic carbocycles. The number of hydrogen-bond acceptors (Lipinski definition) is 3. The molecular formula is C12H15Br2NO3S. The average Bonchev–Trinajstić information content (AvgIpc) is 2.33. The molecule has 4 nitrogen and oxygen atoms in total. The van der Waals surface area contributed by atoms with E-state index in [-0.39, 0.29) is 5.75 Å². The van der Waals surface area contributed by atoms with Crippen molar-refractivity contribution in [2.75, 3.05) is 23.7 Å². The minimum Gasteiger partial charge on any atom is -0.371 e. The third kappa shape index (κ3) is 3.93. The van der Waals surface area contributed by atoms with Gasteiger partial charge in [0.2, 0.25) is 0 Å². The quantitative estimate of drug-likeness (QED) is 0.771. The lowest BCUT2D eigenvalue weighted by Gasteiger charge is -2.32. The van der Waals surface area contributed by atoms with Crippen LogP contribution in [0.25, 0.3) is 0 Å². The fourth-order valence-electron chi connectivity index (χ4n) is 2.35. The van der Waals surface area contributed by atoms with Gasteiger partial charge >= 0.3 is 0 Å². The molecule has 0 aromatic heterocycles. The number of rotatable bonds is 4. The SMILES string of the molecule is O=S(=O)(O)CCCN1CCCc2c1ccc(Br)c2Br. The lowest BCUT2D eigenvalue weighted by atomic mass is 10.0. The molecule has 0 aliphatic carbocycles. The Morgan fingerprint density at radius 3 is 2.74 bits per heavy atom. The van der Waals surface area contributed by atoms with Crippen molar-refractivity contribution in [1.82, 2.24) is 0 Å². The predicted molar refractivity (Wildman–Crippen MR) is 83.4 cm³/mol. The first kappa shape index (κ1) is 15.3. The van der Waals surface area contributed by atoms with Gasteiger partial charge in [-0.25, -0.2) is 0 Å². The zero-order valence-electron chi connectivity index (χ0n) is 10.3. The van der Waals surface area contributed by atoms with E-state index >= 15 is 0 Å². The van der Waals surface area contributed by atoms with Gasteiger partial charge in [0.1, 0.15) is 0 Å². The van der Waals surface area contributed by atoms with E-state index in [1.165, 1.54) is 5.56 Å². The molecule has 0 atom stereocenters. The van der Waals surface area contributed by atoms with Crippen LogP contribution in [-0.2, 0) is 16.5 Å². The minimum atomic E-state index is -3.86. The van der Waals surface area contributed by atoms with Crippen molar-refractivity contribution in [1.29, 1.82) is 0 Å². The van der Waals surface area contributed by atoms with Crippen LogP contribution in [0, 0.1) is 0 Å². The van der Waals surface area contributed by atoms with Gasteiger partial charge in [0, 0.05) is 27.7 Å². The number of nitrogens with zero attached hydrogens (tertiary/aromatic N) is 1. The summed E-state index contributed by atoms with van der Waals surface area (Å²) in [5.74, 6) is -0.184. The highest BCUT2D eigenvalue weighted by Gasteiger charge is 2.20. The largest absolute Gasteiger partial charge is 0.371 e. The first-order chi connectivity index (χ1) is 8.88. The summed E-state index contributed by atoms with van der Waals surface area (Å²) in [6.45, 7) is 1.56. The number of benzene rings is 1. The summed E-state index contributed by atoms with van der Waals surface area (Å²) in [5.41, 5.74) is 2.41. The van der Waals surface area contributed by atoms with Crippen LogP contribution in [0.3, 0.4) is 0 Å². The van der Waals surface area contributed by atoms with Crippen LogP contribution in [0.15, 0.2) is 21.1 Å². The van der Waals surface area contributed by atoms with Crippen molar-refractivity contribution in [3.8, 4) is 0 Å². The first-order valence-electron chi connectivity index (χ1n) is 6.05. The van der Waals surface area contributed by atoms with Gasteiger partial charge in [0.05, 0.1) is 5.75 Å². The van der Waals surface area contributed by atoms with Gasteiger partial charge in [-0.15, -0.1) is 0 Å². The first-order valence-corrected chi connectivity index (χ1v) is 9.25. The molecule has 0 saturated heterocycles. The maximum absolute atomic E-state index is 10.7. The molecule has 1 aromatic rings. The van der Waals surface area contributed by atoms with Gasteiger partial charge < -0.3 is 4.90 Å². The molecule has 1 aliphatic rings. The van der Waals surface area contributed by atoms with Crippen LogP contribution >= 0.6 is 31.9 Å². The molecule has 2 rings (SSSR count). The summed E-state index contributed by atoms with van der Waals surface area (Å²) in [6, 6.07) is 4.04. The molecular weight excluding hydrogens is 398 g/mol. The molecule has 1 heterocycles. The summed E-state index contributed by atoms with van der Waals surface area (Å²) in [4.78, 5) is 2.18. The van der Waals surface area contributed by atoms with Crippen LogP contribution in [0.4, 0.5) is 5.69 Å². The summed E-state index contributed by atoms with van der Waals surface area (Å²) in [7, 11) is -3.86. The van der Waals surface area contributed by atoms with Crippen LogP contribution < -0.4 is 4.90 Å². The highest BCUT2D eigenvalue weighted by Crippen LogP contribution is 2.37.